The Bertz CT molecular complexity index is 1360. The van der Waals surface area contributed by atoms with Gasteiger partial charge in [-0.1, -0.05) is 36.8 Å². The number of benzene rings is 2. The summed E-state index contributed by atoms with van der Waals surface area (Å²) in [4.78, 5) is 58.8. The zero-order chi connectivity index (χ0) is 33.6. The van der Waals surface area contributed by atoms with E-state index in [1.54, 1.807) is 12.1 Å². The normalized spacial score (nSPS) is 21.0. The van der Waals surface area contributed by atoms with E-state index in [-0.39, 0.29) is 43.9 Å². The van der Waals surface area contributed by atoms with Crippen LogP contribution in [-0.4, -0.2) is 72.0 Å². The Balaban J connectivity index is 1.99. The molecule has 0 aromatic heterocycles. The fourth-order valence-corrected chi connectivity index (χ4v) is 5.62. The predicted molar refractivity (Wildman–Crippen MR) is 177 cm³/mol. The number of hydrogen-bond donors (Lipinski definition) is 8. The van der Waals surface area contributed by atoms with Gasteiger partial charge in [-0.2, -0.15) is 0 Å². The van der Waals surface area contributed by atoms with Crippen LogP contribution in [0, 0.1) is 13.8 Å². The van der Waals surface area contributed by atoms with Crippen molar-refractivity contribution in [1.29, 1.82) is 0 Å². The van der Waals surface area contributed by atoms with E-state index in [2.05, 4.69) is 26.3 Å². The smallest absolute Gasteiger partial charge is 0.243 e. The summed E-state index contributed by atoms with van der Waals surface area (Å²) in [5.41, 5.74) is 19.7. The Labute approximate surface area is 270 Å². The van der Waals surface area contributed by atoms with Crippen LogP contribution in [0.25, 0.3) is 0 Å². The van der Waals surface area contributed by atoms with Crippen molar-refractivity contribution in [3.63, 3.8) is 0 Å². The molecular formula is C33H48N8O5. The van der Waals surface area contributed by atoms with Crippen LogP contribution in [0.1, 0.15) is 60.8 Å². The zero-order valence-corrected chi connectivity index (χ0v) is 26.7. The number of carbonyl (C=O) groups excluding carboxylic acids is 4. The fourth-order valence-electron chi connectivity index (χ4n) is 5.62. The van der Waals surface area contributed by atoms with E-state index >= 15 is 0 Å². The van der Waals surface area contributed by atoms with Crippen LogP contribution in [0.5, 0.6) is 5.75 Å². The van der Waals surface area contributed by atoms with E-state index in [0.717, 1.165) is 22.3 Å². The molecule has 1 unspecified atom stereocenters. The number of aliphatic imine (C=N–C) groups is 1. The number of carbonyl (C=O) groups is 4. The average Bonchev–Trinajstić information content (AvgIpc) is 2.99. The molecule has 0 aliphatic carbocycles. The first kappa shape index (κ1) is 35.8. The van der Waals surface area contributed by atoms with E-state index in [0.29, 0.717) is 32.2 Å². The van der Waals surface area contributed by atoms with Gasteiger partial charge < -0.3 is 43.6 Å². The number of hydrogen-bond acceptors (Lipinski definition) is 7. The number of nitrogens with zero attached hydrogens (tertiary/aromatic N) is 1. The Kier molecular flexibility index (Phi) is 13.8. The third kappa shape index (κ3) is 11.4. The maximum atomic E-state index is 13.9. The van der Waals surface area contributed by atoms with Crippen molar-refractivity contribution in [3.05, 3.63) is 64.7 Å². The van der Waals surface area contributed by atoms with E-state index in [4.69, 9.17) is 17.2 Å². The number of aryl methyl sites for hydroxylation is 2. The molecule has 46 heavy (non-hydrogen) atoms. The molecule has 1 aliphatic rings. The first-order chi connectivity index (χ1) is 22.0. The van der Waals surface area contributed by atoms with Crippen molar-refractivity contribution in [2.75, 3.05) is 13.1 Å². The first-order valence-corrected chi connectivity index (χ1v) is 15.8. The van der Waals surface area contributed by atoms with Gasteiger partial charge in [-0.25, -0.2) is 0 Å². The average molecular weight is 637 g/mol. The van der Waals surface area contributed by atoms with Gasteiger partial charge in [0, 0.05) is 31.8 Å². The van der Waals surface area contributed by atoms with Crippen LogP contribution >= 0.6 is 0 Å². The number of phenolic OH excluding ortho intramolecular Hbond substituents is 1. The number of nitrogens with one attached hydrogen (secondary N) is 4. The summed E-state index contributed by atoms with van der Waals surface area (Å²) < 4.78 is 0. The molecule has 13 heteroatoms. The van der Waals surface area contributed by atoms with E-state index in [9.17, 15) is 24.3 Å². The van der Waals surface area contributed by atoms with Crippen LogP contribution in [0.15, 0.2) is 47.5 Å². The van der Waals surface area contributed by atoms with Crippen molar-refractivity contribution in [3.8, 4) is 5.75 Å². The monoisotopic (exact) mass is 636 g/mol. The number of unbranched alkanes of at least 4 members (excludes halogenated alkanes) is 1. The summed E-state index contributed by atoms with van der Waals surface area (Å²) in [5, 5.41) is 21.6. The number of aromatic hydroxyl groups is 1. The largest absolute Gasteiger partial charge is 0.508 e. The molecule has 3 rings (SSSR count). The Hall–Kier alpha value is -4.65. The van der Waals surface area contributed by atoms with Gasteiger partial charge in [-0.05, 0) is 80.5 Å². The van der Waals surface area contributed by atoms with Crippen LogP contribution in [0.3, 0.4) is 0 Å². The fraction of sp³-hybridized carbons (Fsp3) is 0.485. The van der Waals surface area contributed by atoms with Gasteiger partial charge in [0.15, 0.2) is 5.96 Å². The highest BCUT2D eigenvalue weighted by Gasteiger charge is 2.32. The Morgan fingerprint density at radius 1 is 0.804 bits per heavy atom. The van der Waals surface area contributed by atoms with Gasteiger partial charge in [0.25, 0.3) is 0 Å². The lowest BCUT2D eigenvalue weighted by Gasteiger charge is -2.25. The Morgan fingerprint density at radius 2 is 1.41 bits per heavy atom. The molecule has 4 amide bonds. The van der Waals surface area contributed by atoms with Gasteiger partial charge in [0.1, 0.15) is 23.9 Å². The van der Waals surface area contributed by atoms with Gasteiger partial charge in [-0.3, -0.25) is 24.2 Å². The summed E-state index contributed by atoms with van der Waals surface area (Å²) in [6.45, 7) is 4.33. The molecule has 1 fully saturated rings. The molecule has 2 aromatic rings. The number of phenols is 1. The second kappa shape index (κ2) is 17.7. The lowest BCUT2D eigenvalue weighted by molar-refractivity contribution is -0.133. The number of amides is 4. The second-order valence-corrected chi connectivity index (χ2v) is 11.8. The van der Waals surface area contributed by atoms with Gasteiger partial charge in [0.2, 0.25) is 23.6 Å². The predicted octanol–water partition coefficient (Wildman–Crippen LogP) is 0.320. The van der Waals surface area contributed by atoms with Crippen molar-refractivity contribution in [1.82, 2.24) is 21.3 Å². The summed E-state index contributed by atoms with van der Waals surface area (Å²) in [6, 6.07) is 8.86. The van der Waals surface area contributed by atoms with E-state index in [1.807, 2.05) is 44.2 Å². The standard InChI is InChI=1S/C33H48N8O5/c1-20-15-24(42)16-21(2)25(20)19-28-32(46)40-26(12-8-14-37-33(35)36)30(44)41-27(17-22-9-4-3-5-10-22)31(45)38-23(11-6-7-13-34)18-29(43)39-28/h3-5,9-10,15-16,23,26-28,42H,6-8,11-14,17-19,34H2,1-2H3,(H,38,45)(H,39,43)(H,40,46)(H,41,44)(H4,35,36,37)/t23?,26-,27+,28+/m1/s1. The third-order valence-corrected chi connectivity index (χ3v) is 8.02. The van der Waals surface area contributed by atoms with Crippen LogP contribution in [0.2, 0.25) is 0 Å². The maximum Gasteiger partial charge on any atom is 0.243 e. The van der Waals surface area contributed by atoms with Crippen molar-refractivity contribution in [2.24, 2.45) is 22.2 Å². The molecule has 1 aliphatic heterocycles. The molecule has 0 spiro atoms. The molecule has 0 bridgehead atoms. The minimum Gasteiger partial charge on any atom is -0.508 e. The third-order valence-electron chi connectivity index (χ3n) is 8.02. The Morgan fingerprint density at radius 3 is 2.07 bits per heavy atom. The van der Waals surface area contributed by atoms with Gasteiger partial charge in [0.05, 0.1) is 0 Å². The molecular weight excluding hydrogens is 588 g/mol. The molecule has 1 heterocycles. The second-order valence-electron chi connectivity index (χ2n) is 11.8. The lowest BCUT2D eigenvalue weighted by Crippen LogP contribution is -2.57. The van der Waals surface area contributed by atoms with E-state index < -0.39 is 47.8 Å². The highest BCUT2D eigenvalue weighted by molar-refractivity contribution is 5.95. The van der Waals surface area contributed by atoms with Crippen LogP contribution in [-0.2, 0) is 32.0 Å². The molecule has 4 atom stereocenters. The van der Waals surface area contributed by atoms with E-state index in [1.165, 1.54) is 0 Å². The highest BCUT2D eigenvalue weighted by atomic mass is 16.3. The molecule has 11 N–H and O–H groups in total. The number of nitrogens with two attached hydrogens (primary N) is 3. The summed E-state index contributed by atoms with van der Waals surface area (Å²) in [6.07, 6.45) is 2.68. The molecule has 0 saturated carbocycles. The minimum atomic E-state index is -1.05. The molecule has 13 nitrogen and oxygen atoms in total. The first-order valence-electron chi connectivity index (χ1n) is 15.8. The molecule has 0 radical (unpaired) electrons. The summed E-state index contributed by atoms with van der Waals surface area (Å²) in [7, 11) is 0. The van der Waals surface area contributed by atoms with Crippen molar-refractivity contribution < 1.29 is 24.3 Å². The summed E-state index contributed by atoms with van der Waals surface area (Å²) >= 11 is 0. The van der Waals surface area contributed by atoms with Crippen LogP contribution in [0.4, 0.5) is 0 Å². The zero-order valence-electron chi connectivity index (χ0n) is 26.7. The quantitative estimate of drug-likeness (QED) is 0.0917. The SMILES string of the molecule is Cc1cc(O)cc(C)c1C[C@@H]1NC(=O)CC(CCCCN)NC(=O)[C@H](Cc2ccccc2)NC(=O)[C@@H](CCCN=C(N)N)NC1=O. The summed E-state index contributed by atoms with van der Waals surface area (Å²) in [5.74, 6) is -1.95. The molecule has 2 aromatic carbocycles. The lowest BCUT2D eigenvalue weighted by atomic mass is 9.95. The topological polar surface area (TPSA) is 227 Å². The maximum absolute atomic E-state index is 13.9. The van der Waals surface area contributed by atoms with Crippen molar-refractivity contribution in [2.45, 2.75) is 89.4 Å². The highest BCUT2D eigenvalue weighted by Crippen LogP contribution is 2.22. The van der Waals surface area contributed by atoms with Crippen molar-refractivity contribution >= 4 is 29.6 Å². The minimum absolute atomic E-state index is 0.0679. The molecule has 250 valence electrons. The molecule has 1 saturated heterocycles. The number of rotatable bonds is 12. The van der Waals surface area contributed by atoms with Crippen LogP contribution < -0.4 is 38.5 Å². The number of guanidine groups is 1. The van der Waals surface area contributed by atoms with Gasteiger partial charge in [-0.15, -0.1) is 0 Å². The van der Waals surface area contributed by atoms with Gasteiger partial charge >= 0.3 is 0 Å².